The van der Waals surface area contributed by atoms with Gasteiger partial charge < -0.3 is 14.6 Å². The highest BCUT2D eigenvalue weighted by Gasteiger charge is 2.20. The molecule has 0 bridgehead atoms. The van der Waals surface area contributed by atoms with E-state index in [2.05, 4.69) is 0 Å². The smallest absolute Gasteiger partial charge is 0.105 e. The molecule has 0 aromatic heterocycles. The highest BCUT2D eigenvalue weighted by molar-refractivity contribution is 5.18. The van der Waals surface area contributed by atoms with Crippen molar-refractivity contribution in [2.45, 2.75) is 51.9 Å². The summed E-state index contributed by atoms with van der Waals surface area (Å²) in [4.78, 5) is 0. The van der Waals surface area contributed by atoms with E-state index in [1.165, 1.54) is 0 Å². The second-order valence-corrected chi connectivity index (χ2v) is 5.63. The molecular formula is C16H26O3. The summed E-state index contributed by atoms with van der Waals surface area (Å²) in [6, 6.07) is 9.63. The first-order chi connectivity index (χ1) is 8.94. The summed E-state index contributed by atoms with van der Waals surface area (Å²) in [5.41, 5.74) is 0.745. The van der Waals surface area contributed by atoms with Crippen molar-refractivity contribution in [1.82, 2.24) is 0 Å². The second-order valence-electron chi connectivity index (χ2n) is 5.63. The predicted molar refractivity (Wildman–Crippen MR) is 77.1 cm³/mol. The summed E-state index contributed by atoms with van der Waals surface area (Å²) in [7, 11) is 0. The monoisotopic (exact) mass is 266 g/mol. The Bertz CT molecular complexity index is 343. The van der Waals surface area contributed by atoms with Crippen molar-refractivity contribution in [3.63, 3.8) is 0 Å². The third-order valence-electron chi connectivity index (χ3n) is 2.85. The Hall–Kier alpha value is -0.900. The molecule has 108 valence electrons. The minimum absolute atomic E-state index is 0.150. The summed E-state index contributed by atoms with van der Waals surface area (Å²) >= 11 is 0. The third kappa shape index (κ3) is 6.19. The molecule has 0 aliphatic rings. The van der Waals surface area contributed by atoms with Crippen LogP contribution in [0.4, 0.5) is 0 Å². The Morgan fingerprint density at radius 3 is 2.26 bits per heavy atom. The van der Waals surface area contributed by atoms with E-state index in [1.807, 2.05) is 58.0 Å². The van der Waals surface area contributed by atoms with Gasteiger partial charge in [-0.2, -0.15) is 0 Å². The third-order valence-corrected chi connectivity index (χ3v) is 2.85. The number of ether oxygens (including phenoxy) is 2. The second kappa shape index (κ2) is 7.63. The van der Waals surface area contributed by atoms with Crippen molar-refractivity contribution >= 4 is 0 Å². The molecule has 0 aliphatic heterocycles. The maximum Gasteiger partial charge on any atom is 0.105 e. The first-order valence-corrected chi connectivity index (χ1v) is 6.92. The maximum absolute atomic E-state index is 10.3. The summed E-state index contributed by atoms with van der Waals surface area (Å²) in [6.07, 6.45) is -0.00205. The average molecular weight is 266 g/mol. The van der Waals surface area contributed by atoms with Crippen molar-refractivity contribution in [1.29, 1.82) is 0 Å². The fourth-order valence-corrected chi connectivity index (χ4v) is 1.84. The van der Waals surface area contributed by atoms with E-state index in [1.54, 1.807) is 0 Å². The number of hydrogen-bond donors (Lipinski definition) is 1. The largest absolute Gasteiger partial charge is 0.386 e. The Balaban J connectivity index is 2.41. The number of hydrogen-bond acceptors (Lipinski definition) is 3. The number of aliphatic hydroxyl groups is 1. The lowest BCUT2D eigenvalue weighted by molar-refractivity contribution is -0.0826. The van der Waals surface area contributed by atoms with Crippen molar-refractivity contribution in [3.05, 3.63) is 35.9 Å². The molecular weight excluding hydrogens is 240 g/mol. The molecule has 0 spiro atoms. The van der Waals surface area contributed by atoms with Gasteiger partial charge in [0.15, 0.2) is 0 Å². The topological polar surface area (TPSA) is 38.7 Å². The van der Waals surface area contributed by atoms with Crippen molar-refractivity contribution in [3.8, 4) is 0 Å². The van der Waals surface area contributed by atoms with Crippen molar-refractivity contribution in [2.75, 3.05) is 13.2 Å². The van der Waals surface area contributed by atoms with Gasteiger partial charge in [-0.15, -0.1) is 0 Å². The zero-order valence-electron chi connectivity index (χ0n) is 12.4. The zero-order chi connectivity index (χ0) is 14.3. The summed E-state index contributed by atoms with van der Waals surface area (Å²) < 4.78 is 11.3. The fourth-order valence-electron chi connectivity index (χ4n) is 1.84. The predicted octanol–water partition coefficient (Wildman–Crippen LogP) is 3.33. The van der Waals surface area contributed by atoms with Crippen LogP contribution < -0.4 is 0 Å². The van der Waals surface area contributed by atoms with E-state index in [0.717, 1.165) is 12.0 Å². The number of rotatable bonds is 7. The quantitative estimate of drug-likeness (QED) is 0.769. The summed E-state index contributed by atoms with van der Waals surface area (Å²) in [5, 5.41) is 10.3. The van der Waals surface area contributed by atoms with Gasteiger partial charge in [-0.3, -0.25) is 0 Å². The van der Waals surface area contributed by atoms with Crippen LogP contribution in [0.1, 0.15) is 45.8 Å². The molecule has 0 aliphatic carbocycles. The van der Waals surface area contributed by atoms with Crippen LogP contribution in [-0.4, -0.2) is 30.0 Å². The molecule has 2 atom stereocenters. The molecule has 1 rings (SSSR count). The Kier molecular flexibility index (Phi) is 6.49. The molecule has 0 heterocycles. The molecule has 0 fully saturated rings. The summed E-state index contributed by atoms with van der Waals surface area (Å²) in [5.74, 6) is 0. The molecule has 1 N–H and O–H groups in total. The first-order valence-electron chi connectivity index (χ1n) is 6.92. The van der Waals surface area contributed by atoms with Crippen LogP contribution >= 0.6 is 0 Å². The van der Waals surface area contributed by atoms with Gasteiger partial charge in [0.05, 0.1) is 24.9 Å². The lowest BCUT2D eigenvalue weighted by atomic mass is 10.0. The molecule has 0 radical (unpaired) electrons. The lowest BCUT2D eigenvalue weighted by Gasteiger charge is -2.24. The Morgan fingerprint density at radius 2 is 1.74 bits per heavy atom. The van der Waals surface area contributed by atoms with Gasteiger partial charge in [0.25, 0.3) is 0 Å². The summed E-state index contributed by atoms with van der Waals surface area (Å²) in [6.45, 7) is 9.11. The zero-order valence-corrected chi connectivity index (χ0v) is 12.4. The van der Waals surface area contributed by atoms with E-state index in [-0.39, 0.29) is 11.7 Å². The van der Waals surface area contributed by atoms with Crippen molar-refractivity contribution < 1.29 is 14.6 Å². The molecule has 19 heavy (non-hydrogen) atoms. The number of benzene rings is 1. The molecule has 0 saturated heterocycles. The van der Waals surface area contributed by atoms with Crippen LogP contribution in [0.25, 0.3) is 0 Å². The van der Waals surface area contributed by atoms with Gasteiger partial charge in [0.2, 0.25) is 0 Å². The highest BCUT2D eigenvalue weighted by Crippen LogP contribution is 2.21. The SMILES string of the molecule is CCC(OCCOC(C)(C)C)C(O)c1ccccc1. The minimum Gasteiger partial charge on any atom is -0.386 e. The van der Waals surface area contributed by atoms with E-state index in [9.17, 15) is 5.11 Å². The van der Waals surface area contributed by atoms with Gasteiger partial charge >= 0.3 is 0 Å². The minimum atomic E-state index is -0.583. The fraction of sp³-hybridized carbons (Fsp3) is 0.625. The van der Waals surface area contributed by atoms with Crippen LogP contribution in [0.15, 0.2) is 30.3 Å². The average Bonchev–Trinajstić information content (AvgIpc) is 2.38. The van der Waals surface area contributed by atoms with E-state index in [0.29, 0.717) is 13.2 Å². The standard InChI is InChI=1S/C16H26O3/c1-5-14(18-11-12-19-16(2,3)4)15(17)13-9-7-6-8-10-13/h6-10,14-15,17H,5,11-12H2,1-4H3. The van der Waals surface area contributed by atoms with Gasteiger partial charge in [0, 0.05) is 0 Å². The Labute approximate surface area is 116 Å². The maximum atomic E-state index is 10.3. The van der Waals surface area contributed by atoms with Gasteiger partial charge in [-0.05, 0) is 32.8 Å². The van der Waals surface area contributed by atoms with E-state index < -0.39 is 6.10 Å². The molecule has 2 unspecified atom stereocenters. The normalized spacial score (nSPS) is 15.2. The Morgan fingerprint density at radius 1 is 1.11 bits per heavy atom. The molecule has 0 amide bonds. The van der Waals surface area contributed by atoms with Gasteiger partial charge in [0.1, 0.15) is 6.10 Å². The highest BCUT2D eigenvalue weighted by atomic mass is 16.5. The van der Waals surface area contributed by atoms with Crippen LogP contribution in [-0.2, 0) is 9.47 Å². The number of aliphatic hydroxyl groups excluding tert-OH is 1. The lowest BCUT2D eigenvalue weighted by Crippen LogP contribution is -2.26. The van der Waals surface area contributed by atoms with Crippen LogP contribution in [0, 0.1) is 0 Å². The van der Waals surface area contributed by atoms with E-state index in [4.69, 9.17) is 9.47 Å². The molecule has 0 saturated carbocycles. The molecule has 3 heteroatoms. The van der Waals surface area contributed by atoms with Gasteiger partial charge in [-0.25, -0.2) is 0 Å². The molecule has 1 aromatic rings. The van der Waals surface area contributed by atoms with E-state index >= 15 is 0 Å². The van der Waals surface area contributed by atoms with Crippen LogP contribution in [0.2, 0.25) is 0 Å². The van der Waals surface area contributed by atoms with Gasteiger partial charge in [-0.1, -0.05) is 37.3 Å². The molecule has 1 aromatic carbocycles. The van der Waals surface area contributed by atoms with Crippen LogP contribution in [0.5, 0.6) is 0 Å². The molecule has 3 nitrogen and oxygen atoms in total. The van der Waals surface area contributed by atoms with Crippen molar-refractivity contribution in [2.24, 2.45) is 0 Å². The van der Waals surface area contributed by atoms with Crippen LogP contribution in [0.3, 0.4) is 0 Å². The first kappa shape index (κ1) is 16.2.